The van der Waals surface area contributed by atoms with Gasteiger partial charge in [-0.2, -0.15) is 5.10 Å². The molecule has 5 nitrogen and oxygen atoms in total. The van der Waals surface area contributed by atoms with Crippen molar-refractivity contribution < 1.29 is 9.15 Å². The molecule has 2 rings (SSSR count). The highest BCUT2D eigenvalue weighted by atomic mass is 79.9. The van der Waals surface area contributed by atoms with E-state index in [9.17, 15) is 0 Å². The summed E-state index contributed by atoms with van der Waals surface area (Å²) in [5.74, 6) is 1.00. The molecule has 110 valence electrons. The van der Waals surface area contributed by atoms with Gasteiger partial charge in [0.25, 0.3) is 0 Å². The van der Waals surface area contributed by atoms with Crippen LogP contribution in [-0.4, -0.2) is 30.5 Å². The maximum absolute atomic E-state index is 5.39. The van der Waals surface area contributed by atoms with E-state index < -0.39 is 0 Å². The molecular formula is C14H20BrN3O2. The fourth-order valence-corrected chi connectivity index (χ4v) is 2.81. The van der Waals surface area contributed by atoms with Gasteiger partial charge in [-0.15, -0.1) is 0 Å². The Labute approximate surface area is 127 Å². The van der Waals surface area contributed by atoms with Crippen molar-refractivity contribution in [3.8, 4) is 0 Å². The molecule has 0 radical (unpaired) electrons. The van der Waals surface area contributed by atoms with Crippen molar-refractivity contribution in [2.45, 2.75) is 25.4 Å². The predicted octanol–water partition coefficient (Wildman–Crippen LogP) is 2.78. The fourth-order valence-electron chi connectivity index (χ4n) is 2.23. The average molecular weight is 342 g/mol. The first-order valence-corrected chi connectivity index (χ1v) is 7.45. The summed E-state index contributed by atoms with van der Waals surface area (Å²) in [6.45, 7) is 1.39. The first kappa shape index (κ1) is 15.3. The molecule has 0 aliphatic heterocycles. The largest absolute Gasteiger partial charge is 0.469 e. The summed E-state index contributed by atoms with van der Waals surface area (Å²) in [6, 6.07) is 4.14. The molecule has 0 saturated heterocycles. The summed E-state index contributed by atoms with van der Waals surface area (Å²) >= 11 is 3.58. The molecule has 0 aromatic carbocycles. The number of halogens is 1. The lowest BCUT2D eigenvalue weighted by molar-refractivity contribution is 0.181. The predicted molar refractivity (Wildman–Crippen MR) is 80.6 cm³/mol. The first-order valence-electron chi connectivity index (χ1n) is 6.66. The molecule has 0 spiro atoms. The quantitative estimate of drug-likeness (QED) is 0.802. The van der Waals surface area contributed by atoms with Crippen LogP contribution in [0, 0.1) is 0 Å². The highest BCUT2D eigenvalue weighted by Gasteiger charge is 2.19. The lowest BCUT2D eigenvalue weighted by Crippen LogP contribution is -2.22. The molecule has 1 unspecified atom stereocenters. The third-order valence-electron chi connectivity index (χ3n) is 3.28. The van der Waals surface area contributed by atoms with Crippen LogP contribution in [0.25, 0.3) is 0 Å². The Bertz CT molecular complexity index is 510. The molecule has 0 fully saturated rings. The molecule has 0 aliphatic carbocycles. The van der Waals surface area contributed by atoms with Gasteiger partial charge < -0.3 is 14.5 Å². The minimum atomic E-state index is 0.217. The number of methoxy groups -OCH3 is 1. The van der Waals surface area contributed by atoms with Crippen molar-refractivity contribution in [2.75, 3.05) is 20.8 Å². The number of furan rings is 1. The molecule has 0 bridgehead atoms. The molecular weight excluding hydrogens is 322 g/mol. The van der Waals surface area contributed by atoms with Crippen molar-refractivity contribution in [1.82, 2.24) is 15.1 Å². The Hall–Kier alpha value is -1.11. The number of hydrogen-bond acceptors (Lipinski definition) is 4. The van der Waals surface area contributed by atoms with Crippen molar-refractivity contribution in [3.63, 3.8) is 0 Å². The Morgan fingerprint density at radius 2 is 2.40 bits per heavy atom. The van der Waals surface area contributed by atoms with E-state index >= 15 is 0 Å². The smallest absolute Gasteiger partial charge is 0.103 e. The number of hydrogen-bond donors (Lipinski definition) is 1. The molecule has 0 saturated carbocycles. The lowest BCUT2D eigenvalue weighted by Gasteiger charge is -2.18. The number of rotatable bonds is 8. The van der Waals surface area contributed by atoms with E-state index in [4.69, 9.17) is 9.15 Å². The van der Waals surface area contributed by atoms with Crippen LogP contribution in [0.5, 0.6) is 0 Å². The SMILES string of the molecule is CNC(CCc1ccco1)c1c(Br)cnn1CCOC. The minimum Gasteiger partial charge on any atom is -0.469 e. The average Bonchev–Trinajstić information content (AvgIpc) is 3.08. The van der Waals surface area contributed by atoms with Gasteiger partial charge in [0.05, 0.1) is 41.8 Å². The highest BCUT2D eigenvalue weighted by molar-refractivity contribution is 9.10. The normalized spacial score (nSPS) is 12.8. The van der Waals surface area contributed by atoms with Crippen LogP contribution < -0.4 is 5.32 Å². The van der Waals surface area contributed by atoms with E-state index in [0.29, 0.717) is 6.61 Å². The zero-order valence-electron chi connectivity index (χ0n) is 11.8. The maximum atomic E-state index is 5.39. The molecule has 1 N–H and O–H groups in total. The summed E-state index contributed by atoms with van der Waals surface area (Å²) in [6.07, 6.45) is 5.38. The zero-order chi connectivity index (χ0) is 14.4. The van der Waals surface area contributed by atoms with E-state index in [1.165, 1.54) is 0 Å². The van der Waals surface area contributed by atoms with E-state index in [2.05, 4.69) is 26.3 Å². The third kappa shape index (κ3) is 3.71. The van der Waals surface area contributed by atoms with E-state index in [1.54, 1.807) is 13.4 Å². The number of nitrogens with one attached hydrogen (secondary N) is 1. The van der Waals surface area contributed by atoms with Gasteiger partial charge in [-0.05, 0) is 41.5 Å². The van der Waals surface area contributed by atoms with Crippen LogP contribution in [0.15, 0.2) is 33.5 Å². The number of aryl methyl sites for hydroxylation is 1. The van der Waals surface area contributed by atoms with Crippen LogP contribution in [0.4, 0.5) is 0 Å². The standard InChI is InChI=1S/C14H20BrN3O2/c1-16-13(6-5-11-4-3-8-20-11)14-12(15)10-17-18(14)7-9-19-2/h3-4,8,10,13,16H,5-7,9H2,1-2H3. The van der Waals surface area contributed by atoms with Crippen LogP contribution in [0.1, 0.15) is 23.9 Å². The summed E-state index contributed by atoms with van der Waals surface area (Å²) in [7, 11) is 3.66. The van der Waals surface area contributed by atoms with Crippen molar-refractivity contribution in [3.05, 3.63) is 40.5 Å². The van der Waals surface area contributed by atoms with Gasteiger partial charge >= 0.3 is 0 Å². The van der Waals surface area contributed by atoms with Crippen LogP contribution in [0.2, 0.25) is 0 Å². The minimum absolute atomic E-state index is 0.217. The van der Waals surface area contributed by atoms with Gasteiger partial charge in [0, 0.05) is 13.5 Å². The van der Waals surface area contributed by atoms with E-state index in [-0.39, 0.29) is 6.04 Å². The van der Waals surface area contributed by atoms with Crippen molar-refractivity contribution >= 4 is 15.9 Å². The highest BCUT2D eigenvalue weighted by Crippen LogP contribution is 2.26. The Balaban J connectivity index is 2.07. The monoisotopic (exact) mass is 341 g/mol. The van der Waals surface area contributed by atoms with Gasteiger partial charge in [0.15, 0.2) is 0 Å². The molecule has 0 aliphatic rings. The molecule has 6 heteroatoms. The van der Waals surface area contributed by atoms with Crippen molar-refractivity contribution in [2.24, 2.45) is 0 Å². The summed E-state index contributed by atoms with van der Waals surface area (Å²) in [5, 5.41) is 7.74. The van der Waals surface area contributed by atoms with Gasteiger partial charge in [-0.1, -0.05) is 0 Å². The molecule has 2 aromatic heterocycles. The summed E-state index contributed by atoms with van der Waals surface area (Å²) in [4.78, 5) is 0. The summed E-state index contributed by atoms with van der Waals surface area (Å²) < 4.78 is 13.5. The number of nitrogens with zero attached hydrogens (tertiary/aromatic N) is 2. The van der Waals surface area contributed by atoms with E-state index in [1.807, 2.05) is 30.1 Å². The molecule has 2 heterocycles. The second-order valence-corrected chi connectivity index (χ2v) is 5.41. The van der Waals surface area contributed by atoms with E-state index in [0.717, 1.165) is 35.3 Å². The third-order valence-corrected chi connectivity index (χ3v) is 3.89. The zero-order valence-corrected chi connectivity index (χ0v) is 13.4. The second kappa shape index (κ2) is 7.61. The van der Waals surface area contributed by atoms with Gasteiger partial charge in [-0.25, -0.2) is 0 Å². The number of aromatic nitrogens is 2. The topological polar surface area (TPSA) is 52.2 Å². The van der Waals surface area contributed by atoms with Gasteiger partial charge in [0.2, 0.25) is 0 Å². The molecule has 20 heavy (non-hydrogen) atoms. The van der Waals surface area contributed by atoms with Gasteiger partial charge in [-0.3, -0.25) is 4.68 Å². The van der Waals surface area contributed by atoms with Crippen LogP contribution in [-0.2, 0) is 17.7 Å². The molecule has 1 atom stereocenters. The van der Waals surface area contributed by atoms with Gasteiger partial charge in [0.1, 0.15) is 5.76 Å². The Kier molecular flexibility index (Phi) is 5.82. The van der Waals surface area contributed by atoms with Crippen LogP contribution in [0.3, 0.4) is 0 Å². The maximum Gasteiger partial charge on any atom is 0.103 e. The summed E-state index contributed by atoms with van der Waals surface area (Å²) in [5.41, 5.74) is 1.15. The fraction of sp³-hybridized carbons (Fsp3) is 0.500. The Morgan fingerprint density at radius 1 is 1.55 bits per heavy atom. The molecule has 0 amide bonds. The second-order valence-electron chi connectivity index (χ2n) is 4.55. The molecule has 2 aromatic rings. The number of ether oxygens (including phenoxy) is 1. The first-order chi connectivity index (χ1) is 9.76. The Morgan fingerprint density at radius 3 is 3.05 bits per heavy atom. The van der Waals surface area contributed by atoms with Crippen LogP contribution >= 0.6 is 15.9 Å². The lowest BCUT2D eigenvalue weighted by atomic mass is 10.1. The van der Waals surface area contributed by atoms with Crippen molar-refractivity contribution in [1.29, 1.82) is 0 Å².